The molecule has 1 aromatic rings. The molecule has 0 bridgehead atoms. The summed E-state index contributed by atoms with van der Waals surface area (Å²) in [7, 11) is 0. The van der Waals surface area contributed by atoms with E-state index in [0.717, 1.165) is 24.8 Å². The Morgan fingerprint density at radius 1 is 1.25 bits per heavy atom. The van der Waals surface area contributed by atoms with Crippen molar-refractivity contribution in [2.24, 2.45) is 0 Å². The zero-order valence-corrected chi connectivity index (χ0v) is 14.3. The molecule has 1 atom stereocenters. The lowest BCUT2D eigenvalue weighted by Crippen LogP contribution is -2.47. The van der Waals surface area contributed by atoms with Crippen LogP contribution < -0.4 is 5.32 Å². The van der Waals surface area contributed by atoms with Gasteiger partial charge in [-0.1, -0.05) is 18.2 Å². The van der Waals surface area contributed by atoms with Gasteiger partial charge in [0.15, 0.2) is 0 Å². The molecule has 0 spiro atoms. The standard InChI is InChI=1S/C19H26N2O3/c1-19(20-12-18(23)24)8-9-21(13-19)17(22)11-14-6-7-15-4-2-3-5-16(15)10-14/h6-7,10,20H,2-5,8-9,11-13H2,1H3,(H,23,24)/t19-/m1/s1. The van der Waals surface area contributed by atoms with Gasteiger partial charge in [0.05, 0.1) is 13.0 Å². The number of aliphatic carboxylic acids is 1. The fraction of sp³-hybridized carbons (Fsp3) is 0.579. The molecule has 1 saturated heterocycles. The number of carboxylic acids is 1. The van der Waals surface area contributed by atoms with Crippen LogP contribution in [-0.4, -0.2) is 47.1 Å². The number of nitrogens with one attached hydrogen (secondary N) is 1. The van der Waals surface area contributed by atoms with Gasteiger partial charge in [-0.15, -0.1) is 0 Å². The van der Waals surface area contributed by atoms with Crippen molar-refractivity contribution in [1.82, 2.24) is 10.2 Å². The molecule has 0 saturated carbocycles. The molecule has 0 aromatic heterocycles. The predicted molar refractivity (Wildman–Crippen MR) is 92.0 cm³/mol. The minimum Gasteiger partial charge on any atom is -0.480 e. The lowest BCUT2D eigenvalue weighted by Gasteiger charge is -2.25. The number of carboxylic acid groups (broad SMARTS) is 1. The van der Waals surface area contributed by atoms with E-state index in [1.165, 1.54) is 24.0 Å². The Labute approximate surface area is 143 Å². The molecule has 1 heterocycles. The van der Waals surface area contributed by atoms with E-state index in [1.54, 1.807) is 0 Å². The normalized spacial score (nSPS) is 23.1. The van der Waals surface area contributed by atoms with E-state index in [4.69, 9.17) is 5.11 Å². The van der Waals surface area contributed by atoms with Crippen molar-refractivity contribution in [2.45, 2.75) is 51.0 Å². The van der Waals surface area contributed by atoms with Crippen molar-refractivity contribution in [3.8, 4) is 0 Å². The summed E-state index contributed by atoms with van der Waals surface area (Å²) in [5, 5.41) is 11.9. The van der Waals surface area contributed by atoms with Crippen LogP contribution in [0.4, 0.5) is 0 Å². The van der Waals surface area contributed by atoms with Gasteiger partial charge in [-0.3, -0.25) is 14.9 Å². The molecule has 1 fully saturated rings. The van der Waals surface area contributed by atoms with E-state index >= 15 is 0 Å². The predicted octanol–water partition coefficient (Wildman–Crippen LogP) is 1.77. The van der Waals surface area contributed by atoms with Gasteiger partial charge in [0, 0.05) is 18.6 Å². The van der Waals surface area contributed by atoms with Crippen molar-refractivity contribution >= 4 is 11.9 Å². The number of aryl methyl sites for hydroxylation is 2. The zero-order valence-electron chi connectivity index (χ0n) is 14.3. The second-order valence-corrected chi connectivity index (χ2v) is 7.36. The van der Waals surface area contributed by atoms with Gasteiger partial charge < -0.3 is 10.0 Å². The van der Waals surface area contributed by atoms with Crippen molar-refractivity contribution in [1.29, 1.82) is 0 Å². The van der Waals surface area contributed by atoms with Crippen molar-refractivity contribution < 1.29 is 14.7 Å². The molecule has 2 aliphatic rings. The van der Waals surface area contributed by atoms with Crippen LogP contribution in [0.15, 0.2) is 18.2 Å². The Morgan fingerprint density at radius 3 is 2.75 bits per heavy atom. The maximum atomic E-state index is 12.6. The number of carbonyl (C=O) groups is 2. The Balaban J connectivity index is 1.58. The van der Waals surface area contributed by atoms with Crippen LogP contribution in [0.25, 0.3) is 0 Å². The Kier molecular flexibility index (Phi) is 4.90. The number of amides is 1. The average Bonchev–Trinajstić information content (AvgIpc) is 2.96. The topological polar surface area (TPSA) is 69.6 Å². The second kappa shape index (κ2) is 6.93. The summed E-state index contributed by atoms with van der Waals surface area (Å²) in [5.74, 6) is -0.735. The summed E-state index contributed by atoms with van der Waals surface area (Å²) in [6.07, 6.45) is 6.01. The van der Waals surface area contributed by atoms with Crippen molar-refractivity contribution in [3.63, 3.8) is 0 Å². The Hall–Kier alpha value is -1.88. The summed E-state index contributed by atoms with van der Waals surface area (Å²) in [6.45, 7) is 3.18. The van der Waals surface area contributed by atoms with Gasteiger partial charge in [-0.05, 0) is 55.7 Å². The number of carbonyl (C=O) groups excluding carboxylic acids is 1. The van der Waals surface area contributed by atoms with Gasteiger partial charge in [-0.2, -0.15) is 0 Å². The highest BCUT2D eigenvalue weighted by molar-refractivity contribution is 5.79. The Morgan fingerprint density at radius 2 is 2.00 bits per heavy atom. The summed E-state index contributed by atoms with van der Waals surface area (Å²) < 4.78 is 0. The van der Waals surface area contributed by atoms with Gasteiger partial charge in [-0.25, -0.2) is 0 Å². The molecule has 2 N–H and O–H groups in total. The van der Waals surface area contributed by atoms with E-state index in [1.807, 2.05) is 11.8 Å². The van der Waals surface area contributed by atoms with Crippen LogP contribution in [0.5, 0.6) is 0 Å². The quantitative estimate of drug-likeness (QED) is 0.863. The SMILES string of the molecule is C[C@@]1(NCC(=O)O)CCN(C(=O)Cc2ccc3c(c2)CCCC3)C1. The first-order chi connectivity index (χ1) is 11.5. The van der Waals surface area contributed by atoms with Gasteiger partial charge in [0.1, 0.15) is 0 Å². The van der Waals surface area contributed by atoms with E-state index in [0.29, 0.717) is 19.5 Å². The lowest BCUT2D eigenvalue weighted by molar-refractivity contribution is -0.136. The second-order valence-electron chi connectivity index (χ2n) is 7.36. The first-order valence-corrected chi connectivity index (χ1v) is 8.80. The Bertz CT molecular complexity index is 643. The molecule has 5 heteroatoms. The van der Waals surface area contributed by atoms with Crippen molar-refractivity contribution in [2.75, 3.05) is 19.6 Å². The minimum atomic E-state index is -0.866. The maximum absolute atomic E-state index is 12.6. The molecule has 0 unspecified atom stereocenters. The number of hydrogen-bond donors (Lipinski definition) is 2. The number of rotatable bonds is 5. The molecular formula is C19H26N2O3. The number of fused-ring (bicyclic) bond motifs is 1. The molecule has 5 nitrogen and oxygen atoms in total. The zero-order chi connectivity index (χ0) is 17.2. The highest BCUT2D eigenvalue weighted by Gasteiger charge is 2.35. The van der Waals surface area contributed by atoms with Gasteiger partial charge in [0.25, 0.3) is 0 Å². The fourth-order valence-electron chi connectivity index (χ4n) is 3.79. The van der Waals surface area contributed by atoms with Gasteiger partial charge in [0.2, 0.25) is 5.91 Å². The van der Waals surface area contributed by atoms with E-state index in [2.05, 4.69) is 23.5 Å². The summed E-state index contributed by atoms with van der Waals surface area (Å²) >= 11 is 0. The average molecular weight is 330 g/mol. The largest absolute Gasteiger partial charge is 0.480 e. The third-order valence-corrected chi connectivity index (χ3v) is 5.26. The summed E-state index contributed by atoms with van der Waals surface area (Å²) in [6, 6.07) is 6.46. The molecule has 24 heavy (non-hydrogen) atoms. The van der Waals surface area contributed by atoms with Gasteiger partial charge >= 0.3 is 5.97 Å². The van der Waals surface area contributed by atoms with Crippen LogP contribution in [-0.2, 0) is 28.9 Å². The van der Waals surface area contributed by atoms with Crippen molar-refractivity contribution in [3.05, 3.63) is 34.9 Å². The summed E-state index contributed by atoms with van der Waals surface area (Å²) in [4.78, 5) is 25.2. The highest BCUT2D eigenvalue weighted by atomic mass is 16.4. The highest BCUT2D eigenvalue weighted by Crippen LogP contribution is 2.24. The van der Waals surface area contributed by atoms with E-state index in [9.17, 15) is 9.59 Å². The van der Waals surface area contributed by atoms with Crippen LogP contribution in [0.2, 0.25) is 0 Å². The monoisotopic (exact) mass is 330 g/mol. The lowest BCUT2D eigenvalue weighted by atomic mass is 9.90. The van der Waals surface area contributed by atoms with Crippen LogP contribution in [0.1, 0.15) is 42.9 Å². The first-order valence-electron chi connectivity index (χ1n) is 8.80. The molecule has 1 amide bonds. The van der Waals surface area contributed by atoms with E-state index < -0.39 is 5.97 Å². The molecule has 1 aromatic carbocycles. The molecular weight excluding hydrogens is 304 g/mol. The number of nitrogens with zero attached hydrogens (tertiary/aromatic N) is 1. The van der Waals surface area contributed by atoms with Crippen LogP contribution in [0, 0.1) is 0 Å². The molecule has 1 aliphatic heterocycles. The van der Waals surface area contributed by atoms with Crippen LogP contribution in [0.3, 0.4) is 0 Å². The fourth-order valence-corrected chi connectivity index (χ4v) is 3.79. The smallest absolute Gasteiger partial charge is 0.317 e. The molecule has 0 radical (unpaired) electrons. The molecule has 3 rings (SSSR count). The van der Waals surface area contributed by atoms with Crippen LogP contribution >= 0.6 is 0 Å². The summed E-state index contributed by atoms with van der Waals surface area (Å²) in [5.41, 5.74) is 3.63. The molecule has 130 valence electrons. The minimum absolute atomic E-state index is 0.0661. The third kappa shape index (κ3) is 3.96. The first kappa shape index (κ1) is 17.0. The number of likely N-dealkylation sites (tertiary alicyclic amines) is 1. The molecule has 1 aliphatic carbocycles. The maximum Gasteiger partial charge on any atom is 0.317 e. The third-order valence-electron chi connectivity index (χ3n) is 5.26. The number of hydrogen-bond acceptors (Lipinski definition) is 3. The van der Waals surface area contributed by atoms with E-state index in [-0.39, 0.29) is 18.0 Å². The number of benzene rings is 1.